The third-order valence-electron chi connectivity index (χ3n) is 3.40. The number of rotatable bonds is 5. The summed E-state index contributed by atoms with van der Waals surface area (Å²) < 4.78 is 0. The number of carbonyl (C=O) groups excluding carboxylic acids is 2. The molecule has 0 aliphatic heterocycles. The van der Waals surface area contributed by atoms with Crippen molar-refractivity contribution in [1.29, 1.82) is 0 Å². The number of aromatic nitrogens is 2. The molecule has 0 aliphatic rings. The largest absolute Gasteiger partial charge is 0.378 e. The maximum atomic E-state index is 12.0. The molecule has 0 spiro atoms. The third-order valence-corrected chi connectivity index (χ3v) is 3.40. The second kappa shape index (κ2) is 8.09. The minimum Gasteiger partial charge on any atom is -0.378 e. The van der Waals surface area contributed by atoms with E-state index in [1.165, 1.54) is 11.1 Å². The highest BCUT2D eigenvalue weighted by Crippen LogP contribution is 2.11. The van der Waals surface area contributed by atoms with Crippen LogP contribution in [0, 0.1) is 0 Å². The van der Waals surface area contributed by atoms with Gasteiger partial charge in [0.2, 0.25) is 0 Å². The first-order valence-corrected chi connectivity index (χ1v) is 7.71. The van der Waals surface area contributed by atoms with Gasteiger partial charge in [0.15, 0.2) is 0 Å². The van der Waals surface area contributed by atoms with Crippen LogP contribution in [0.2, 0.25) is 0 Å². The van der Waals surface area contributed by atoms with Crippen LogP contribution in [-0.4, -0.2) is 55.0 Å². The lowest BCUT2D eigenvalue weighted by atomic mass is 10.2. The molecule has 2 N–H and O–H groups in total. The molecule has 25 heavy (non-hydrogen) atoms. The molecule has 0 atom stereocenters. The van der Waals surface area contributed by atoms with E-state index in [9.17, 15) is 9.59 Å². The number of carbonyl (C=O) groups is 2. The fourth-order valence-corrected chi connectivity index (χ4v) is 2.02. The van der Waals surface area contributed by atoms with Crippen molar-refractivity contribution in [2.45, 2.75) is 6.54 Å². The van der Waals surface area contributed by atoms with E-state index in [0.29, 0.717) is 17.9 Å². The van der Waals surface area contributed by atoms with Gasteiger partial charge < -0.3 is 15.1 Å². The molecule has 2 aromatic heterocycles. The van der Waals surface area contributed by atoms with Crippen LogP contribution in [-0.2, 0) is 6.54 Å². The first-order chi connectivity index (χ1) is 11.9. The number of hydrogen-bond acceptors (Lipinski definition) is 5. The molecule has 2 aromatic rings. The van der Waals surface area contributed by atoms with Crippen molar-refractivity contribution in [2.75, 3.05) is 38.4 Å². The molecule has 0 radical (unpaired) electrons. The fourth-order valence-electron chi connectivity index (χ4n) is 2.02. The lowest BCUT2D eigenvalue weighted by Gasteiger charge is -2.13. The molecule has 8 nitrogen and oxygen atoms in total. The highest BCUT2D eigenvalue weighted by molar-refractivity contribution is 5.94. The molecule has 132 valence electrons. The Labute approximate surface area is 146 Å². The van der Waals surface area contributed by atoms with Crippen LogP contribution >= 0.6 is 0 Å². The third kappa shape index (κ3) is 5.17. The molecule has 0 unspecified atom stereocenters. The summed E-state index contributed by atoms with van der Waals surface area (Å²) in [6.45, 7) is 0.296. The highest BCUT2D eigenvalue weighted by Gasteiger charge is 2.09. The molecule has 0 aliphatic carbocycles. The lowest BCUT2D eigenvalue weighted by Crippen LogP contribution is -2.29. The van der Waals surface area contributed by atoms with E-state index < -0.39 is 6.03 Å². The van der Waals surface area contributed by atoms with Crippen molar-refractivity contribution in [3.05, 3.63) is 47.9 Å². The summed E-state index contributed by atoms with van der Waals surface area (Å²) in [5.41, 5.74) is 2.22. The summed E-state index contributed by atoms with van der Waals surface area (Å²) in [5, 5.41) is 5.34. The molecule has 8 heteroatoms. The minimum atomic E-state index is -0.392. The number of nitrogens with zero attached hydrogens (tertiary/aromatic N) is 4. The molecule has 2 heterocycles. The quantitative estimate of drug-likeness (QED) is 0.861. The van der Waals surface area contributed by atoms with Gasteiger partial charge in [0.25, 0.3) is 5.91 Å². The zero-order valence-corrected chi connectivity index (χ0v) is 14.8. The number of urea groups is 1. The van der Waals surface area contributed by atoms with E-state index in [-0.39, 0.29) is 5.91 Å². The molecule has 2 rings (SSSR count). The van der Waals surface area contributed by atoms with Gasteiger partial charge in [-0.05, 0) is 24.3 Å². The molecule has 3 amide bonds. The van der Waals surface area contributed by atoms with Gasteiger partial charge in [-0.15, -0.1) is 0 Å². The van der Waals surface area contributed by atoms with Crippen molar-refractivity contribution < 1.29 is 9.59 Å². The summed E-state index contributed by atoms with van der Waals surface area (Å²) in [4.78, 5) is 35.5. The Bertz CT molecular complexity index is 743. The van der Waals surface area contributed by atoms with E-state index >= 15 is 0 Å². The van der Waals surface area contributed by atoms with Gasteiger partial charge in [-0.1, -0.05) is 0 Å². The molecule has 0 aromatic carbocycles. The Balaban J connectivity index is 1.90. The number of pyridine rings is 2. The topological polar surface area (TPSA) is 90.5 Å². The number of hydrogen-bond donors (Lipinski definition) is 2. The number of anilines is 2. The van der Waals surface area contributed by atoms with E-state index in [0.717, 1.165) is 11.4 Å². The van der Waals surface area contributed by atoms with Gasteiger partial charge in [0, 0.05) is 46.3 Å². The highest BCUT2D eigenvalue weighted by atomic mass is 16.2. The van der Waals surface area contributed by atoms with Crippen LogP contribution < -0.4 is 15.5 Å². The Morgan fingerprint density at radius 1 is 1.08 bits per heavy atom. The van der Waals surface area contributed by atoms with Crippen molar-refractivity contribution in [1.82, 2.24) is 20.2 Å². The second-order valence-electron chi connectivity index (χ2n) is 5.84. The predicted octanol–water partition coefficient (Wildman–Crippen LogP) is 1.57. The van der Waals surface area contributed by atoms with Crippen LogP contribution in [0.5, 0.6) is 0 Å². The Hall–Kier alpha value is -3.16. The minimum absolute atomic E-state index is 0.143. The van der Waals surface area contributed by atoms with E-state index in [2.05, 4.69) is 20.6 Å². The van der Waals surface area contributed by atoms with Gasteiger partial charge in [0.05, 0.1) is 17.8 Å². The van der Waals surface area contributed by atoms with Gasteiger partial charge in [0.1, 0.15) is 5.82 Å². The van der Waals surface area contributed by atoms with Crippen molar-refractivity contribution in [3.63, 3.8) is 0 Å². The monoisotopic (exact) mass is 342 g/mol. The maximum absolute atomic E-state index is 12.0. The number of nitrogens with one attached hydrogen (secondary N) is 2. The van der Waals surface area contributed by atoms with E-state index in [1.807, 2.05) is 31.1 Å². The molecular weight excluding hydrogens is 320 g/mol. The fraction of sp³-hybridized carbons (Fsp3) is 0.294. The predicted molar refractivity (Wildman–Crippen MR) is 96.7 cm³/mol. The van der Waals surface area contributed by atoms with Crippen LogP contribution in [0.25, 0.3) is 0 Å². The maximum Gasteiger partial charge on any atom is 0.320 e. The average molecular weight is 342 g/mol. The molecule has 0 saturated carbocycles. The molecular formula is C17H22N6O2. The van der Waals surface area contributed by atoms with Crippen LogP contribution in [0.4, 0.5) is 16.3 Å². The second-order valence-corrected chi connectivity index (χ2v) is 5.84. The zero-order chi connectivity index (χ0) is 18.4. The van der Waals surface area contributed by atoms with Crippen molar-refractivity contribution in [2.24, 2.45) is 0 Å². The average Bonchev–Trinajstić information content (AvgIpc) is 2.60. The number of amides is 3. The zero-order valence-electron chi connectivity index (χ0n) is 14.8. The Kier molecular flexibility index (Phi) is 5.89. The summed E-state index contributed by atoms with van der Waals surface area (Å²) in [6.07, 6.45) is 3.13. The first-order valence-electron chi connectivity index (χ1n) is 7.71. The summed E-state index contributed by atoms with van der Waals surface area (Å²) in [5.74, 6) is 0.221. The Morgan fingerprint density at radius 3 is 2.44 bits per heavy atom. The van der Waals surface area contributed by atoms with Crippen molar-refractivity contribution >= 4 is 23.4 Å². The molecule has 0 fully saturated rings. The summed E-state index contributed by atoms with van der Waals surface area (Å²) in [7, 11) is 7.22. The smallest absolute Gasteiger partial charge is 0.320 e. The van der Waals surface area contributed by atoms with Gasteiger partial charge in [-0.25, -0.2) is 9.78 Å². The Morgan fingerprint density at radius 2 is 1.84 bits per heavy atom. The van der Waals surface area contributed by atoms with Crippen LogP contribution in [0.1, 0.15) is 16.1 Å². The normalized spacial score (nSPS) is 10.1. The lowest BCUT2D eigenvalue weighted by molar-refractivity contribution is 0.0827. The first kappa shape index (κ1) is 18.2. The van der Waals surface area contributed by atoms with Gasteiger partial charge in [-0.2, -0.15) is 0 Å². The van der Waals surface area contributed by atoms with Crippen LogP contribution in [0.15, 0.2) is 36.7 Å². The van der Waals surface area contributed by atoms with Crippen LogP contribution in [0.3, 0.4) is 0 Å². The standard InChI is InChI=1S/C17H22N6O2/c1-22(2)14-7-8-18-13(9-14)11-20-17(25)21-15-6-5-12(10-19-15)16(24)23(3)4/h5-10H,11H2,1-4H3,(H2,19,20,21,25). The van der Waals surface area contributed by atoms with E-state index in [1.54, 1.807) is 32.4 Å². The van der Waals surface area contributed by atoms with Gasteiger partial charge in [-0.3, -0.25) is 15.1 Å². The molecule has 0 saturated heterocycles. The SMILES string of the molecule is CN(C)C(=O)c1ccc(NC(=O)NCc2cc(N(C)C)ccn2)nc1. The molecule has 0 bridgehead atoms. The van der Waals surface area contributed by atoms with Gasteiger partial charge >= 0.3 is 6.03 Å². The van der Waals surface area contributed by atoms with Crippen molar-refractivity contribution in [3.8, 4) is 0 Å². The summed E-state index contributed by atoms with van der Waals surface area (Å²) in [6, 6.07) is 6.61. The summed E-state index contributed by atoms with van der Waals surface area (Å²) >= 11 is 0. The van der Waals surface area contributed by atoms with E-state index in [4.69, 9.17) is 0 Å².